The molecule has 0 radical (unpaired) electrons. The van der Waals surface area contributed by atoms with E-state index < -0.39 is 10.1 Å². The minimum atomic E-state index is -4.09. The number of rotatable bonds is 5. The lowest BCUT2D eigenvalue weighted by Crippen LogP contribution is -2.55. The number of hydrogen-bond donors (Lipinski definition) is 1. The van der Waals surface area contributed by atoms with E-state index >= 15 is 0 Å². The van der Waals surface area contributed by atoms with Gasteiger partial charge in [-0.1, -0.05) is 83.9 Å². The number of benzene rings is 4. The molecule has 9 heteroatoms. The van der Waals surface area contributed by atoms with Crippen molar-refractivity contribution in [1.82, 2.24) is 9.80 Å². The van der Waals surface area contributed by atoms with E-state index in [4.69, 9.17) is 27.8 Å². The van der Waals surface area contributed by atoms with E-state index in [0.717, 1.165) is 42.3 Å². The van der Waals surface area contributed by atoms with Crippen LogP contribution in [-0.2, 0) is 34.2 Å². The van der Waals surface area contributed by atoms with E-state index in [1.807, 2.05) is 36.2 Å². The first-order valence-corrected chi connectivity index (χ1v) is 16.3. The van der Waals surface area contributed by atoms with Crippen LogP contribution < -0.4 is 0 Å². The van der Waals surface area contributed by atoms with Crippen molar-refractivity contribution < 1.29 is 17.8 Å². The molecule has 6 rings (SSSR count). The van der Waals surface area contributed by atoms with Gasteiger partial charge in [0.1, 0.15) is 0 Å². The molecule has 6 nitrogen and oxygen atoms in total. The van der Waals surface area contributed by atoms with Gasteiger partial charge in [0.2, 0.25) is 5.91 Å². The Balaban J connectivity index is 0.000000211. The molecule has 1 aliphatic carbocycles. The number of hydrogen-bond acceptors (Lipinski definition) is 4. The number of likely N-dealkylation sites (tertiary alicyclic amines) is 1. The van der Waals surface area contributed by atoms with Crippen LogP contribution in [-0.4, -0.2) is 60.9 Å². The molecule has 1 aliphatic heterocycles. The lowest BCUT2D eigenvalue weighted by Gasteiger charge is -2.43. The molecule has 0 aromatic heterocycles. The van der Waals surface area contributed by atoms with E-state index in [1.165, 1.54) is 36.1 Å². The van der Waals surface area contributed by atoms with Crippen LogP contribution >= 0.6 is 23.2 Å². The predicted molar refractivity (Wildman–Crippen MR) is 169 cm³/mol. The van der Waals surface area contributed by atoms with E-state index in [-0.39, 0.29) is 16.8 Å². The van der Waals surface area contributed by atoms with Gasteiger partial charge in [-0.05, 0) is 90.5 Å². The fraction of sp³-hybridized carbons (Fsp3) is 0.303. The molecule has 1 amide bonds. The molecule has 0 bridgehead atoms. The van der Waals surface area contributed by atoms with Gasteiger partial charge in [-0.3, -0.25) is 14.2 Å². The Hall–Kier alpha value is -2.94. The van der Waals surface area contributed by atoms with Crippen molar-refractivity contribution in [2.45, 2.75) is 49.1 Å². The minimum Gasteiger partial charge on any atom is -0.341 e. The van der Waals surface area contributed by atoms with Gasteiger partial charge in [-0.25, -0.2) is 0 Å². The number of amides is 1. The van der Waals surface area contributed by atoms with Gasteiger partial charge in [0.15, 0.2) is 0 Å². The summed E-state index contributed by atoms with van der Waals surface area (Å²) in [6.07, 6.45) is 4.79. The number of nitrogens with zero attached hydrogens (tertiary/aromatic N) is 2. The molecule has 1 heterocycles. The molecular formula is C33H34Cl2N2O4S. The third-order valence-electron chi connectivity index (χ3n) is 8.28. The number of carbonyl (C=O) groups is 1. The summed E-state index contributed by atoms with van der Waals surface area (Å²) in [4.78, 5) is 17.6. The zero-order valence-corrected chi connectivity index (χ0v) is 25.7. The van der Waals surface area contributed by atoms with Crippen LogP contribution in [0.5, 0.6) is 0 Å². The van der Waals surface area contributed by atoms with E-state index in [2.05, 4.69) is 29.2 Å². The third-order valence-corrected chi connectivity index (χ3v) is 9.87. The van der Waals surface area contributed by atoms with E-state index in [9.17, 15) is 13.2 Å². The maximum absolute atomic E-state index is 13.1. The highest BCUT2D eigenvalue weighted by Gasteiger charge is 2.37. The van der Waals surface area contributed by atoms with Gasteiger partial charge in [0.25, 0.3) is 10.1 Å². The zero-order valence-electron chi connectivity index (χ0n) is 23.4. The molecule has 4 aromatic rings. The highest BCUT2D eigenvalue weighted by atomic mass is 35.5. The van der Waals surface area contributed by atoms with Crippen LogP contribution in [0.1, 0.15) is 29.5 Å². The van der Waals surface area contributed by atoms with Gasteiger partial charge in [-0.15, -0.1) is 0 Å². The Morgan fingerprint density at radius 3 is 2.17 bits per heavy atom. The van der Waals surface area contributed by atoms with Crippen LogP contribution in [0, 0.1) is 0 Å². The summed E-state index contributed by atoms with van der Waals surface area (Å²) in [5, 5.41) is 2.75. The number of likely N-dealkylation sites (N-methyl/N-ethyl adjacent to an activating group) is 1. The molecule has 2 aliphatic rings. The molecule has 1 fully saturated rings. The maximum Gasteiger partial charge on any atom is 0.294 e. The summed E-state index contributed by atoms with van der Waals surface area (Å²) in [5.41, 5.74) is 3.71. The maximum atomic E-state index is 13.1. The Morgan fingerprint density at radius 2 is 1.50 bits per heavy atom. The smallest absolute Gasteiger partial charge is 0.294 e. The highest BCUT2D eigenvalue weighted by Crippen LogP contribution is 2.30. The fourth-order valence-electron chi connectivity index (χ4n) is 5.98. The van der Waals surface area contributed by atoms with Crippen molar-refractivity contribution in [2.75, 3.05) is 20.1 Å². The summed E-state index contributed by atoms with van der Waals surface area (Å²) in [7, 11) is -2.13. The second kappa shape index (κ2) is 13.1. The monoisotopic (exact) mass is 624 g/mol. The van der Waals surface area contributed by atoms with Crippen molar-refractivity contribution in [2.24, 2.45) is 0 Å². The largest absolute Gasteiger partial charge is 0.341 e. The first kappa shape index (κ1) is 30.5. The van der Waals surface area contributed by atoms with Gasteiger partial charge in [-0.2, -0.15) is 8.42 Å². The summed E-state index contributed by atoms with van der Waals surface area (Å²) in [5.74, 6) is 0.131. The third kappa shape index (κ3) is 7.16. The van der Waals surface area contributed by atoms with Crippen LogP contribution in [0.15, 0.2) is 89.8 Å². The molecule has 2 unspecified atom stereocenters. The van der Waals surface area contributed by atoms with Crippen LogP contribution in [0.25, 0.3) is 10.8 Å². The molecule has 1 N–H and O–H groups in total. The topological polar surface area (TPSA) is 77.9 Å². The van der Waals surface area contributed by atoms with Gasteiger partial charge < -0.3 is 4.90 Å². The summed E-state index contributed by atoms with van der Waals surface area (Å²) in [6, 6.07) is 26.6. The zero-order chi connectivity index (χ0) is 29.9. The van der Waals surface area contributed by atoms with E-state index in [0.29, 0.717) is 22.5 Å². The predicted octanol–water partition coefficient (Wildman–Crippen LogP) is 6.71. The number of halogens is 2. The Bertz CT molecular complexity index is 1690. The van der Waals surface area contributed by atoms with Gasteiger partial charge in [0.05, 0.1) is 27.4 Å². The second-order valence-electron chi connectivity index (χ2n) is 11.0. The Labute approximate surface area is 257 Å². The summed E-state index contributed by atoms with van der Waals surface area (Å²) < 4.78 is 30.5. The average Bonchev–Trinajstić information content (AvgIpc) is 3.53. The first-order chi connectivity index (χ1) is 20.1. The normalized spacial score (nSPS) is 18.7. The highest BCUT2D eigenvalue weighted by molar-refractivity contribution is 7.85. The molecule has 4 aromatic carbocycles. The minimum absolute atomic E-state index is 0.0730. The molecule has 0 spiro atoms. The lowest BCUT2D eigenvalue weighted by atomic mass is 9.83. The second-order valence-corrected chi connectivity index (χ2v) is 13.2. The quantitative estimate of drug-likeness (QED) is 0.250. The fourth-order valence-corrected chi connectivity index (χ4v) is 6.82. The van der Waals surface area contributed by atoms with Crippen molar-refractivity contribution in [3.63, 3.8) is 0 Å². The molecule has 0 saturated carbocycles. The SMILES string of the molecule is CN(C(=O)Cc1ccc(Cl)c(Cl)c1)C1Cc2ccccc2CC1N1CCCC1.O=S(=O)(O)c1ccc2ccccc2c1. The molecule has 1 saturated heterocycles. The average molecular weight is 626 g/mol. The van der Waals surface area contributed by atoms with Crippen LogP contribution in [0.2, 0.25) is 10.0 Å². The van der Waals surface area contributed by atoms with Crippen molar-refractivity contribution in [3.05, 3.63) is 112 Å². The van der Waals surface area contributed by atoms with Crippen LogP contribution in [0.4, 0.5) is 0 Å². The summed E-state index contributed by atoms with van der Waals surface area (Å²) in [6.45, 7) is 2.27. The molecule has 220 valence electrons. The number of carbonyl (C=O) groups excluding carboxylic acids is 1. The molecule has 42 heavy (non-hydrogen) atoms. The first-order valence-electron chi connectivity index (χ1n) is 14.1. The molecular weight excluding hydrogens is 591 g/mol. The van der Waals surface area contributed by atoms with Gasteiger partial charge in [0, 0.05) is 13.1 Å². The van der Waals surface area contributed by atoms with Crippen molar-refractivity contribution in [3.8, 4) is 0 Å². The van der Waals surface area contributed by atoms with Crippen molar-refractivity contribution in [1.29, 1.82) is 0 Å². The van der Waals surface area contributed by atoms with Gasteiger partial charge >= 0.3 is 0 Å². The van der Waals surface area contributed by atoms with Crippen LogP contribution in [0.3, 0.4) is 0 Å². The number of fused-ring (bicyclic) bond motifs is 2. The molecule has 2 atom stereocenters. The Kier molecular flexibility index (Phi) is 9.55. The Morgan fingerprint density at radius 1 is 0.857 bits per heavy atom. The van der Waals surface area contributed by atoms with Crippen molar-refractivity contribution >= 4 is 50.0 Å². The lowest BCUT2D eigenvalue weighted by molar-refractivity contribution is -0.132. The standard InChI is InChI=1S/C23H26Cl2N2O.C10H8O3S/c1-26(23(28)13-16-8-9-19(24)20(25)12-16)21-14-17-6-2-3-7-18(17)15-22(21)27-10-4-5-11-27;11-14(12,13)10-6-5-8-3-1-2-4-9(8)7-10/h2-3,6-9,12,21-22H,4-5,10-11,13-15H2,1H3;1-7H,(H,11,12,13). The van der Waals surface area contributed by atoms with E-state index in [1.54, 1.807) is 24.3 Å². The summed E-state index contributed by atoms with van der Waals surface area (Å²) >= 11 is 12.1.